The molecule has 19 heavy (non-hydrogen) atoms. The zero-order valence-corrected chi connectivity index (χ0v) is 12.0. The maximum absolute atomic E-state index is 12.0. The van der Waals surface area contributed by atoms with Crippen LogP contribution < -0.4 is 4.72 Å². The van der Waals surface area contributed by atoms with Gasteiger partial charge in [0.1, 0.15) is 10.6 Å². The highest BCUT2D eigenvalue weighted by Crippen LogP contribution is 2.51. The van der Waals surface area contributed by atoms with E-state index in [1.807, 2.05) is 0 Å². The van der Waals surface area contributed by atoms with Crippen molar-refractivity contribution < 1.29 is 18.3 Å². The molecule has 0 saturated heterocycles. The molecule has 1 fully saturated rings. The van der Waals surface area contributed by atoms with Crippen LogP contribution in [0.2, 0.25) is 0 Å². The summed E-state index contributed by atoms with van der Waals surface area (Å²) in [5, 5.41) is 8.91. The summed E-state index contributed by atoms with van der Waals surface area (Å²) >= 11 is 0. The van der Waals surface area contributed by atoms with Crippen molar-refractivity contribution in [2.24, 2.45) is 18.4 Å². The van der Waals surface area contributed by atoms with Gasteiger partial charge in [0.05, 0.1) is 0 Å². The first kappa shape index (κ1) is 14.1. The Morgan fingerprint density at radius 1 is 1.58 bits per heavy atom. The number of carboxylic acid groups (broad SMARTS) is 1. The average Bonchev–Trinajstić information content (AvgIpc) is 2.69. The molecule has 1 heterocycles. The summed E-state index contributed by atoms with van der Waals surface area (Å²) in [7, 11) is -2.13. The Hall–Kier alpha value is -1.34. The lowest BCUT2D eigenvalue weighted by Crippen LogP contribution is -2.26. The van der Waals surface area contributed by atoms with Crippen LogP contribution in [0.15, 0.2) is 17.2 Å². The van der Waals surface area contributed by atoms with Gasteiger partial charge in [-0.1, -0.05) is 13.8 Å². The second-order valence-electron chi connectivity index (χ2n) is 5.72. The Balaban J connectivity index is 2.11. The maximum atomic E-state index is 12.0. The number of rotatable bonds is 5. The van der Waals surface area contributed by atoms with Crippen LogP contribution in [0.3, 0.4) is 0 Å². The first-order valence-electron chi connectivity index (χ1n) is 6.03. The van der Waals surface area contributed by atoms with E-state index in [0.717, 1.165) is 6.42 Å². The molecular weight excluding hydrogens is 268 g/mol. The molecule has 0 bridgehead atoms. The van der Waals surface area contributed by atoms with Gasteiger partial charge in [0, 0.05) is 19.8 Å². The predicted molar refractivity (Wildman–Crippen MR) is 69.4 cm³/mol. The van der Waals surface area contributed by atoms with Crippen molar-refractivity contribution in [1.29, 1.82) is 0 Å². The lowest BCUT2D eigenvalue weighted by molar-refractivity contribution is 0.0686. The van der Waals surface area contributed by atoms with Gasteiger partial charge in [-0.15, -0.1) is 0 Å². The Morgan fingerprint density at radius 2 is 2.16 bits per heavy atom. The molecule has 1 atom stereocenters. The molecule has 0 radical (unpaired) electrons. The van der Waals surface area contributed by atoms with Crippen LogP contribution in [0.4, 0.5) is 0 Å². The molecule has 106 valence electrons. The van der Waals surface area contributed by atoms with Crippen LogP contribution in [0.5, 0.6) is 0 Å². The molecule has 0 aliphatic heterocycles. The number of carbonyl (C=O) groups is 1. The highest BCUT2D eigenvalue weighted by atomic mass is 32.2. The molecule has 7 heteroatoms. The smallest absolute Gasteiger partial charge is 0.352 e. The molecule has 2 N–H and O–H groups in total. The fraction of sp³-hybridized carbons (Fsp3) is 0.583. The van der Waals surface area contributed by atoms with Gasteiger partial charge in [-0.25, -0.2) is 17.9 Å². The highest BCUT2D eigenvalue weighted by Gasteiger charge is 2.45. The van der Waals surface area contributed by atoms with Crippen LogP contribution in [0.1, 0.15) is 30.8 Å². The van der Waals surface area contributed by atoms with Crippen LogP contribution in [-0.4, -0.2) is 30.6 Å². The van der Waals surface area contributed by atoms with E-state index >= 15 is 0 Å². The summed E-state index contributed by atoms with van der Waals surface area (Å²) in [5.74, 6) is -0.794. The monoisotopic (exact) mass is 286 g/mol. The first-order chi connectivity index (χ1) is 8.63. The van der Waals surface area contributed by atoms with Gasteiger partial charge in [0.25, 0.3) is 0 Å². The molecule has 1 aromatic heterocycles. The third-order valence-electron chi connectivity index (χ3n) is 3.75. The Kier molecular flexibility index (Phi) is 3.22. The molecule has 1 unspecified atom stereocenters. The number of aromatic carboxylic acids is 1. The lowest BCUT2D eigenvalue weighted by atomic mass is 10.1. The molecule has 1 aromatic rings. The summed E-state index contributed by atoms with van der Waals surface area (Å²) in [6.07, 6.45) is 2.31. The Morgan fingerprint density at radius 3 is 2.58 bits per heavy atom. The van der Waals surface area contributed by atoms with Crippen LogP contribution in [0, 0.1) is 11.3 Å². The molecule has 0 aromatic carbocycles. The van der Waals surface area contributed by atoms with E-state index in [2.05, 4.69) is 18.6 Å². The second-order valence-corrected chi connectivity index (χ2v) is 7.49. The number of hydrogen-bond acceptors (Lipinski definition) is 3. The predicted octanol–water partition coefficient (Wildman–Crippen LogP) is 1.05. The third kappa shape index (κ3) is 2.82. The van der Waals surface area contributed by atoms with Gasteiger partial charge >= 0.3 is 5.97 Å². The fourth-order valence-corrected chi connectivity index (χ4v) is 3.26. The molecule has 0 spiro atoms. The van der Waals surface area contributed by atoms with Gasteiger partial charge in [0.15, 0.2) is 0 Å². The van der Waals surface area contributed by atoms with E-state index in [9.17, 15) is 13.2 Å². The SMILES string of the molecule is Cn1cc(S(=O)(=O)NCC2CC2(C)C)cc1C(=O)O. The summed E-state index contributed by atoms with van der Waals surface area (Å²) in [5.41, 5.74) is 0.151. The number of aromatic nitrogens is 1. The van der Waals surface area contributed by atoms with Gasteiger partial charge in [-0.05, 0) is 23.8 Å². The van der Waals surface area contributed by atoms with Crippen molar-refractivity contribution in [1.82, 2.24) is 9.29 Å². The fourth-order valence-electron chi connectivity index (χ4n) is 2.11. The van der Waals surface area contributed by atoms with Gasteiger partial charge in [0.2, 0.25) is 10.0 Å². The number of nitrogens with zero attached hydrogens (tertiary/aromatic N) is 1. The molecule has 0 amide bonds. The van der Waals surface area contributed by atoms with E-state index in [1.54, 1.807) is 0 Å². The summed E-state index contributed by atoms with van der Waals surface area (Å²) in [6, 6.07) is 1.17. The van der Waals surface area contributed by atoms with Crippen LogP contribution in [0.25, 0.3) is 0 Å². The minimum absolute atomic E-state index is 0.00847. The number of nitrogens with one attached hydrogen (secondary N) is 1. The van der Waals surface area contributed by atoms with Gasteiger partial charge in [-0.3, -0.25) is 0 Å². The van der Waals surface area contributed by atoms with E-state index in [1.165, 1.54) is 23.9 Å². The molecule has 1 saturated carbocycles. The van der Waals surface area contributed by atoms with Crippen molar-refractivity contribution in [2.75, 3.05) is 6.54 Å². The largest absolute Gasteiger partial charge is 0.477 e. The van der Waals surface area contributed by atoms with Gasteiger partial charge < -0.3 is 9.67 Å². The first-order valence-corrected chi connectivity index (χ1v) is 7.51. The molecule has 1 aliphatic carbocycles. The molecule has 2 rings (SSSR count). The lowest BCUT2D eigenvalue weighted by Gasteiger charge is -2.06. The quantitative estimate of drug-likeness (QED) is 0.846. The van der Waals surface area contributed by atoms with E-state index in [4.69, 9.17) is 5.11 Å². The second kappa shape index (κ2) is 4.35. The summed E-state index contributed by atoms with van der Waals surface area (Å²) < 4.78 is 27.9. The zero-order valence-electron chi connectivity index (χ0n) is 11.2. The van der Waals surface area contributed by atoms with Crippen molar-refractivity contribution in [3.05, 3.63) is 18.0 Å². The number of carboxylic acids is 1. The van der Waals surface area contributed by atoms with Crippen molar-refractivity contribution in [2.45, 2.75) is 25.2 Å². The topological polar surface area (TPSA) is 88.4 Å². The van der Waals surface area contributed by atoms with E-state index in [0.29, 0.717) is 12.5 Å². The highest BCUT2D eigenvalue weighted by molar-refractivity contribution is 7.89. The standard InChI is InChI=1S/C12H18N2O4S/c1-12(2)5-8(12)6-13-19(17,18)9-4-10(11(15)16)14(3)7-9/h4,7-8,13H,5-6H2,1-3H3,(H,15,16). The molecule has 1 aliphatic rings. The molecular formula is C12H18N2O4S. The maximum Gasteiger partial charge on any atom is 0.352 e. The number of sulfonamides is 1. The number of hydrogen-bond donors (Lipinski definition) is 2. The normalized spacial score (nSPS) is 21.3. The number of aryl methyl sites for hydroxylation is 1. The Bertz CT molecular complexity index is 616. The minimum atomic E-state index is -3.63. The average molecular weight is 286 g/mol. The summed E-state index contributed by atoms with van der Waals surface area (Å²) in [4.78, 5) is 10.9. The zero-order chi connectivity index (χ0) is 14.4. The summed E-state index contributed by atoms with van der Waals surface area (Å²) in [6.45, 7) is 4.58. The van der Waals surface area contributed by atoms with Crippen LogP contribution >= 0.6 is 0 Å². The van der Waals surface area contributed by atoms with Crippen molar-refractivity contribution >= 4 is 16.0 Å². The molecule has 6 nitrogen and oxygen atoms in total. The van der Waals surface area contributed by atoms with E-state index in [-0.39, 0.29) is 16.0 Å². The van der Waals surface area contributed by atoms with E-state index < -0.39 is 16.0 Å². The Labute approximate surface area is 112 Å². The van der Waals surface area contributed by atoms with Gasteiger partial charge in [-0.2, -0.15) is 0 Å². The van der Waals surface area contributed by atoms with Crippen molar-refractivity contribution in [3.63, 3.8) is 0 Å². The third-order valence-corrected chi connectivity index (χ3v) is 5.14. The van der Waals surface area contributed by atoms with Crippen LogP contribution in [-0.2, 0) is 17.1 Å². The minimum Gasteiger partial charge on any atom is -0.477 e. The van der Waals surface area contributed by atoms with Crippen molar-refractivity contribution in [3.8, 4) is 0 Å².